The summed E-state index contributed by atoms with van der Waals surface area (Å²) < 4.78 is 0. The SMILES string of the molecule is Cc1cccc(C)c1C=CC1CCN(Cc2ccccc2)CC1C. The van der Waals surface area contributed by atoms with Crippen molar-refractivity contribution in [3.63, 3.8) is 0 Å². The van der Waals surface area contributed by atoms with Gasteiger partial charge < -0.3 is 0 Å². The minimum atomic E-state index is 0.691. The van der Waals surface area contributed by atoms with Crippen molar-refractivity contribution in [1.82, 2.24) is 4.90 Å². The van der Waals surface area contributed by atoms with Crippen molar-refractivity contribution < 1.29 is 0 Å². The maximum absolute atomic E-state index is 2.60. The van der Waals surface area contributed by atoms with Gasteiger partial charge in [0.1, 0.15) is 0 Å². The van der Waals surface area contributed by atoms with E-state index in [1.54, 1.807) is 0 Å². The van der Waals surface area contributed by atoms with Crippen LogP contribution in [0.25, 0.3) is 6.08 Å². The molecule has 1 aliphatic heterocycles. The van der Waals surface area contributed by atoms with Gasteiger partial charge in [0.25, 0.3) is 0 Å². The number of piperidine rings is 1. The number of benzene rings is 2. The van der Waals surface area contributed by atoms with Crippen LogP contribution in [0.15, 0.2) is 54.6 Å². The normalized spacial score (nSPS) is 22.1. The second-order valence-corrected chi connectivity index (χ2v) is 7.32. The summed E-state index contributed by atoms with van der Waals surface area (Å²) in [4.78, 5) is 2.60. The summed E-state index contributed by atoms with van der Waals surface area (Å²) in [6.07, 6.45) is 6.08. The van der Waals surface area contributed by atoms with Gasteiger partial charge in [0.2, 0.25) is 0 Å². The molecule has 1 heterocycles. The van der Waals surface area contributed by atoms with Gasteiger partial charge in [-0.1, -0.05) is 67.6 Å². The molecular formula is C23H29N. The third-order valence-electron chi connectivity index (χ3n) is 5.36. The molecule has 2 unspecified atom stereocenters. The lowest BCUT2D eigenvalue weighted by Gasteiger charge is -2.35. The number of hydrogen-bond acceptors (Lipinski definition) is 1. The average Bonchev–Trinajstić information content (AvgIpc) is 2.57. The van der Waals surface area contributed by atoms with Crippen LogP contribution in [0.5, 0.6) is 0 Å². The lowest BCUT2D eigenvalue weighted by atomic mass is 9.85. The predicted octanol–water partition coefficient (Wildman–Crippen LogP) is 5.47. The maximum Gasteiger partial charge on any atom is 0.0233 e. The highest BCUT2D eigenvalue weighted by molar-refractivity contribution is 5.57. The van der Waals surface area contributed by atoms with E-state index < -0.39 is 0 Å². The monoisotopic (exact) mass is 319 g/mol. The highest BCUT2D eigenvalue weighted by Gasteiger charge is 2.24. The second-order valence-electron chi connectivity index (χ2n) is 7.32. The topological polar surface area (TPSA) is 3.24 Å². The molecule has 1 heteroatoms. The van der Waals surface area contributed by atoms with Gasteiger partial charge in [-0.25, -0.2) is 0 Å². The summed E-state index contributed by atoms with van der Waals surface area (Å²) in [7, 11) is 0. The Bertz CT molecular complexity index is 666. The van der Waals surface area contributed by atoms with Gasteiger partial charge in [-0.3, -0.25) is 4.90 Å². The molecule has 1 aliphatic rings. The average molecular weight is 319 g/mol. The predicted molar refractivity (Wildman–Crippen MR) is 104 cm³/mol. The van der Waals surface area contributed by atoms with E-state index in [0.29, 0.717) is 11.8 Å². The molecule has 2 aromatic rings. The molecule has 0 aromatic heterocycles. The highest BCUT2D eigenvalue weighted by atomic mass is 15.1. The fraction of sp³-hybridized carbons (Fsp3) is 0.391. The highest BCUT2D eigenvalue weighted by Crippen LogP contribution is 2.27. The van der Waals surface area contributed by atoms with E-state index >= 15 is 0 Å². The molecule has 0 spiro atoms. The van der Waals surface area contributed by atoms with Crippen molar-refractivity contribution in [2.45, 2.75) is 33.7 Å². The van der Waals surface area contributed by atoms with E-state index in [1.165, 1.54) is 41.8 Å². The quantitative estimate of drug-likeness (QED) is 0.722. The van der Waals surface area contributed by atoms with Crippen LogP contribution in [0.4, 0.5) is 0 Å². The molecule has 1 fully saturated rings. The number of rotatable bonds is 4. The molecule has 0 bridgehead atoms. The van der Waals surface area contributed by atoms with Crippen molar-refractivity contribution in [2.75, 3.05) is 13.1 Å². The molecule has 0 saturated carbocycles. The Balaban J connectivity index is 1.61. The molecule has 2 aromatic carbocycles. The zero-order valence-electron chi connectivity index (χ0n) is 15.2. The van der Waals surface area contributed by atoms with Gasteiger partial charge in [-0.05, 0) is 60.9 Å². The smallest absolute Gasteiger partial charge is 0.0233 e. The fourth-order valence-electron chi connectivity index (χ4n) is 3.83. The summed E-state index contributed by atoms with van der Waals surface area (Å²) in [6.45, 7) is 10.3. The second kappa shape index (κ2) is 7.81. The summed E-state index contributed by atoms with van der Waals surface area (Å²) in [6, 6.07) is 17.4. The third kappa shape index (κ3) is 4.15. The van der Waals surface area contributed by atoms with Crippen molar-refractivity contribution >= 4 is 6.08 Å². The Morgan fingerprint density at radius 1 is 1.00 bits per heavy atom. The standard InChI is InChI=1S/C23H29N/c1-18-8-7-9-19(2)23(18)13-12-22-14-15-24(16-20(22)3)17-21-10-5-4-6-11-21/h4-13,20,22H,14-17H2,1-3H3. The van der Waals surface area contributed by atoms with Gasteiger partial charge in [0.05, 0.1) is 0 Å². The summed E-state index contributed by atoms with van der Waals surface area (Å²) in [5.41, 5.74) is 5.58. The third-order valence-corrected chi connectivity index (χ3v) is 5.36. The number of nitrogens with zero attached hydrogens (tertiary/aromatic N) is 1. The molecule has 0 N–H and O–H groups in total. The minimum absolute atomic E-state index is 0.691. The molecule has 126 valence electrons. The van der Waals surface area contributed by atoms with Crippen LogP contribution in [0.2, 0.25) is 0 Å². The lowest BCUT2D eigenvalue weighted by Crippen LogP contribution is -2.38. The number of allylic oxidation sites excluding steroid dienone is 1. The molecule has 0 radical (unpaired) electrons. The van der Waals surface area contributed by atoms with Crippen LogP contribution in [0.1, 0.15) is 35.6 Å². The van der Waals surface area contributed by atoms with Gasteiger partial charge in [0.15, 0.2) is 0 Å². The van der Waals surface area contributed by atoms with Crippen LogP contribution in [0.3, 0.4) is 0 Å². The van der Waals surface area contributed by atoms with Crippen molar-refractivity contribution in [3.8, 4) is 0 Å². The first kappa shape index (κ1) is 17.0. The van der Waals surface area contributed by atoms with E-state index in [-0.39, 0.29) is 0 Å². The van der Waals surface area contributed by atoms with Gasteiger partial charge in [-0.15, -0.1) is 0 Å². The number of aryl methyl sites for hydroxylation is 2. The number of hydrogen-bond donors (Lipinski definition) is 0. The molecule has 1 nitrogen and oxygen atoms in total. The maximum atomic E-state index is 2.60. The van der Waals surface area contributed by atoms with E-state index in [2.05, 4.69) is 86.4 Å². The molecule has 0 aliphatic carbocycles. The van der Waals surface area contributed by atoms with Gasteiger partial charge >= 0.3 is 0 Å². The summed E-state index contributed by atoms with van der Waals surface area (Å²) >= 11 is 0. The van der Waals surface area contributed by atoms with Crippen LogP contribution in [-0.2, 0) is 6.54 Å². The Morgan fingerprint density at radius 2 is 1.71 bits per heavy atom. The Hall–Kier alpha value is -1.86. The zero-order chi connectivity index (χ0) is 16.9. The Labute approximate surface area is 147 Å². The molecule has 3 rings (SSSR count). The molecule has 2 atom stereocenters. The van der Waals surface area contributed by atoms with Crippen LogP contribution in [0, 0.1) is 25.7 Å². The first-order chi connectivity index (χ1) is 11.6. The van der Waals surface area contributed by atoms with Gasteiger partial charge in [0, 0.05) is 13.1 Å². The van der Waals surface area contributed by atoms with Crippen molar-refractivity contribution in [2.24, 2.45) is 11.8 Å². The first-order valence-corrected chi connectivity index (χ1v) is 9.14. The van der Waals surface area contributed by atoms with Crippen LogP contribution in [-0.4, -0.2) is 18.0 Å². The number of likely N-dealkylation sites (tertiary alicyclic amines) is 1. The van der Waals surface area contributed by atoms with E-state index in [1.807, 2.05) is 0 Å². The van der Waals surface area contributed by atoms with E-state index in [9.17, 15) is 0 Å². The summed E-state index contributed by atoms with van der Waals surface area (Å²) in [5, 5.41) is 0. The van der Waals surface area contributed by atoms with Crippen molar-refractivity contribution in [1.29, 1.82) is 0 Å². The van der Waals surface area contributed by atoms with E-state index in [0.717, 1.165) is 6.54 Å². The molecular weight excluding hydrogens is 290 g/mol. The van der Waals surface area contributed by atoms with Gasteiger partial charge in [-0.2, -0.15) is 0 Å². The van der Waals surface area contributed by atoms with Crippen molar-refractivity contribution in [3.05, 3.63) is 76.9 Å². The molecule has 24 heavy (non-hydrogen) atoms. The largest absolute Gasteiger partial charge is 0.299 e. The van der Waals surface area contributed by atoms with Crippen LogP contribution < -0.4 is 0 Å². The van der Waals surface area contributed by atoms with E-state index in [4.69, 9.17) is 0 Å². The first-order valence-electron chi connectivity index (χ1n) is 9.14. The molecule has 0 amide bonds. The van der Waals surface area contributed by atoms with Crippen LogP contribution >= 0.6 is 0 Å². The zero-order valence-corrected chi connectivity index (χ0v) is 15.2. The minimum Gasteiger partial charge on any atom is -0.299 e. The fourth-order valence-corrected chi connectivity index (χ4v) is 3.83. The Morgan fingerprint density at radius 3 is 2.38 bits per heavy atom. The summed E-state index contributed by atoms with van der Waals surface area (Å²) in [5.74, 6) is 1.40. The lowest BCUT2D eigenvalue weighted by molar-refractivity contribution is 0.145. The molecule has 1 saturated heterocycles. The Kier molecular flexibility index (Phi) is 5.52.